The molecule has 1 heterocycles. The van der Waals surface area contributed by atoms with Gasteiger partial charge in [0.1, 0.15) is 11.5 Å². The van der Waals surface area contributed by atoms with Crippen LogP contribution in [-0.4, -0.2) is 38.0 Å². The predicted octanol–water partition coefficient (Wildman–Crippen LogP) is 4.14. The third-order valence-corrected chi connectivity index (χ3v) is 5.46. The van der Waals surface area contributed by atoms with Gasteiger partial charge in [-0.1, -0.05) is 0 Å². The second-order valence-electron chi connectivity index (χ2n) is 6.61. The molecule has 31 heavy (non-hydrogen) atoms. The van der Waals surface area contributed by atoms with Gasteiger partial charge < -0.3 is 5.11 Å². The van der Waals surface area contributed by atoms with Crippen LogP contribution in [0, 0.1) is 0 Å². The highest BCUT2D eigenvalue weighted by Crippen LogP contribution is 2.35. The van der Waals surface area contributed by atoms with Gasteiger partial charge >= 0.3 is 12.4 Å². The van der Waals surface area contributed by atoms with Gasteiger partial charge in [0, 0.05) is 17.5 Å². The average Bonchev–Trinajstić information content (AvgIpc) is 2.65. The molecule has 166 valence electrons. The number of aliphatic hydroxyl groups is 1. The van der Waals surface area contributed by atoms with Crippen LogP contribution in [0.3, 0.4) is 0 Å². The van der Waals surface area contributed by atoms with E-state index >= 15 is 0 Å². The SMILES string of the molecule is CS(=O)(=O)c1ccc(C2=NC(C(F)(F)F)=CC(O)N2c2ccc(C(F)(F)F)cc2)cc1. The van der Waals surface area contributed by atoms with E-state index in [1.807, 2.05) is 0 Å². The minimum absolute atomic E-state index is 0.0150. The smallest absolute Gasteiger partial charge is 0.369 e. The molecule has 1 N–H and O–H groups in total. The van der Waals surface area contributed by atoms with E-state index in [4.69, 9.17) is 0 Å². The summed E-state index contributed by atoms with van der Waals surface area (Å²) in [4.78, 5) is 4.35. The van der Waals surface area contributed by atoms with Crippen molar-refractivity contribution in [3.8, 4) is 0 Å². The number of halogens is 6. The summed E-state index contributed by atoms with van der Waals surface area (Å²) in [5.74, 6) is -0.415. The summed E-state index contributed by atoms with van der Waals surface area (Å²) in [5.41, 5.74) is -2.42. The van der Waals surface area contributed by atoms with E-state index in [0.29, 0.717) is 6.08 Å². The van der Waals surface area contributed by atoms with Crippen LogP contribution in [0.4, 0.5) is 32.0 Å². The predicted molar refractivity (Wildman–Crippen MR) is 100 cm³/mol. The van der Waals surface area contributed by atoms with Crippen LogP contribution in [0.15, 0.2) is 70.2 Å². The Morgan fingerprint density at radius 2 is 1.45 bits per heavy atom. The number of amidine groups is 1. The van der Waals surface area contributed by atoms with Crippen LogP contribution in [0.5, 0.6) is 0 Å². The molecule has 0 saturated carbocycles. The zero-order valence-corrected chi connectivity index (χ0v) is 16.4. The first kappa shape index (κ1) is 22.8. The summed E-state index contributed by atoms with van der Waals surface area (Å²) in [7, 11) is -3.58. The standard InChI is InChI=1S/C19H14F6N2O3S/c1-31(29,30)14-8-2-11(3-9-14)17-26-15(19(23,24)25)10-16(28)27(17)13-6-4-12(5-7-13)18(20,21)22/h2-10,16,28H,1H3. The third-order valence-electron chi connectivity index (χ3n) is 4.33. The van der Waals surface area contributed by atoms with Crippen molar-refractivity contribution in [1.29, 1.82) is 0 Å². The highest BCUT2D eigenvalue weighted by molar-refractivity contribution is 7.90. The van der Waals surface area contributed by atoms with Gasteiger partial charge in [-0.2, -0.15) is 26.3 Å². The van der Waals surface area contributed by atoms with Gasteiger partial charge in [0.2, 0.25) is 0 Å². The van der Waals surface area contributed by atoms with E-state index in [1.54, 1.807) is 0 Å². The van der Waals surface area contributed by atoms with Gasteiger partial charge in [-0.25, -0.2) is 13.4 Å². The van der Waals surface area contributed by atoms with E-state index in [1.165, 1.54) is 12.1 Å². The molecule has 1 unspecified atom stereocenters. The molecule has 0 aromatic heterocycles. The van der Waals surface area contributed by atoms with Crippen LogP contribution >= 0.6 is 0 Å². The maximum atomic E-state index is 13.2. The number of hydrogen-bond acceptors (Lipinski definition) is 5. The summed E-state index contributed by atoms with van der Waals surface area (Å²) in [6.07, 6.45) is -10.0. The molecular formula is C19H14F6N2O3S. The zero-order valence-electron chi connectivity index (χ0n) is 15.6. The van der Waals surface area contributed by atoms with Crippen molar-refractivity contribution in [2.24, 2.45) is 4.99 Å². The van der Waals surface area contributed by atoms with Gasteiger partial charge in [0.05, 0.1) is 10.5 Å². The van der Waals surface area contributed by atoms with Gasteiger partial charge in [-0.05, 0) is 54.6 Å². The van der Waals surface area contributed by atoms with Crippen molar-refractivity contribution in [2.75, 3.05) is 11.2 Å². The molecule has 3 rings (SSSR count). The van der Waals surface area contributed by atoms with E-state index in [-0.39, 0.29) is 16.1 Å². The molecule has 5 nitrogen and oxygen atoms in total. The van der Waals surface area contributed by atoms with Crippen molar-refractivity contribution in [3.05, 3.63) is 71.4 Å². The van der Waals surface area contributed by atoms with Gasteiger partial charge in [-0.3, -0.25) is 4.90 Å². The number of rotatable bonds is 3. The molecule has 0 bridgehead atoms. The lowest BCUT2D eigenvalue weighted by atomic mass is 10.1. The number of aliphatic imine (C=N–C) groups is 1. The number of benzene rings is 2. The second kappa shape index (κ2) is 7.68. The molecule has 0 radical (unpaired) electrons. The Kier molecular flexibility index (Phi) is 5.65. The van der Waals surface area contributed by atoms with Crippen LogP contribution < -0.4 is 4.90 Å². The molecule has 2 aromatic rings. The Labute approximate surface area is 172 Å². The fourth-order valence-electron chi connectivity index (χ4n) is 2.85. The molecular weight excluding hydrogens is 450 g/mol. The summed E-state index contributed by atoms with van der Waals surface area (Å²) < 4.78 is 101. The maximum Gasteiger partial charge on any atom is 0.433 e. The molecule has 1 aliphatic heterocycles. The van der Waals surface area contributed by atoms with Crippen molar-refractivity contribution < 1.29 is 39.9 Å². The fraction of sp³-hybridized carbons (Fsp3) is 0.211. The molecule has 1 atom stereocenters. The third kappa shape index (κ3) is 4.90. The Balaban J connectivity index is 2.11. The van der Waals surface area contributed by atoms with Crippen molar-refractivity contribution >= 4 is 21.4 Å². The van der Waals surface area contributed by atoms with E-state index in [0.717, 1.165) is 47.6 Å². The quantitative estimate of drug-likeness (QED) is 0.694. The molecule has 0 fully saturated rings. The molecule has 0 spiro atoms. The summed E-state index contributed by atoms with van der Waals surface area (Å²) >= 11 is 0. The normalized spacial score (nSPS) is 17.9. The highest BCUT2D eigenvalue weighted by Gasteiger charge is 2.39. The van der Waals surface area contributed by atoms with E-state index < -0.39 is 45.5 Å². The molecule has 12 heteroatoms. The van der Waals surface area contributed by atoms with Crippen LogP contribution in [-0.2, 0) is 16.0 Å². The van der Waals surface area contributed by atoms with Crippen LogP contribution in [0.25, 0.3) is 0 Å². The number of aliphatic hydroxyl groups excluding tert-OH is 1. The number of nitrogens with zero attached hydrogens (tertiary/aromatic N) is 2. The Hall–Kier alpha value is -2.86. The molecule has 0 amide bonds. The topological polar surface area (TPSA) is 70.0 Å². The number of anilines is 1. The minimum Gasteiger partial charge on any atom is -0.369 e. The van der Waals surface area contributed by atoms with Crippen molar-refractivity contribution in [1.82, 2.24) is 0 Å². The van der Waals surface area contributed by atoms with Crippen LogP contribution in [0.2, 0.25) is 0 Å². The van der Waals surface area contributed by atoms with Gasteiger partial charge in [-0.15, -0.1) is 0 Å². The number of hydrogen-bond donors (Lipinski definition) is 1. The molecule has 1 aliphatic rings. The first-order chi connectivity index (χ1) is 14.2. The molecule has 0 saturated heterocycles. The van der Waals surface area contributed by atoms with Crippen molar-refractivity contribution in [2.45, 2.75) is 23.5 Å². The lowest BCUT2D eigenvalue weighted by Gasteiger charge is -2.33. The summed E-state index contributed by atoms with van der Waals surface area (Å²) in [6, 6.07) is 8.09. The first-order valence-corrected chi connectivity index (χ1v) is 10.4. The first-order valence-electron chi connectivity index (χ1n) is 8.51. The highest BCUT2D eigenvalue weighted by atomic mass is 32.2. The maximum absolute atomic E-state index is 13.2. The number of allylic oxidation sites excluding steroid dienone is 1. The lowest BCUT2D eigenvalue weighted by molar-refractivity contribution is -0.137. The Morgan fingerprint density at radius 3 is 1.90 bits per heavy atom. The zero-order chi connectivity index (χ0) is 23.2. The monoisotopic (exact) mass is 464 g/mol. The summed E-state index contributed by atoms with van der Waals surface area (Å²) in [6.45, 7) is 0. The lowest BCUT2D eigenvalue weighted by Crippen LogP contribution is -2.43. The van der Waals surface area contributed by atoms with Gasteiger partial charge in [0.25, 0.3) is 0 Å². The van der Waals surface area contributed by atoms with E-state index in [2.05, 4.69) is 4.99 Å². The average molecular weight is 464 g/mol. The number of sulfone groups is 1. The summed E-state index contributed by atoms with van der Waals surface area (Å²) in [5, 5.41) is 10.4. The Morgan fingerprint density at radius 1 is 0.903 bits per heavy atom. The second-order valence-corrected chi connectivity index (χ2v) is 8.63. The largest absolute Gasteiger partial charge is 0.433 e. The number of alkyl halides is 6. The van der Waals surface area contributed by atoms with Crippen LogP contribution in [0.1, 0.15) is 11.1 Å². The molecule has 0 aliphatic carbocycles. The molecule has 2 aromatic carbocycles. The fourth-order valence-corrected chi connectivity index (χ4v) is 3.48. The van der Waals surface area contributed by atoms with Crippen molar-refractivity contribution in [3.63, 3.8) is 0 Å². The minimum atomic E-state index is -4.90. The van der Waals surface area contributed by atoms with E-state index in [9.17, 15) is 39.9 Å². The Bertz CT molecular complexity index is 1140. The van der Waals surface area contributed by atoms with Gasteiger partial charge in [0.15, 0.2) is 16.1 Å².